The first kappa shape index (κ1) is 28.2. The van der Waals surface area contributed by atoms with Crippen molar-refractivity contribution in [3.63, 3.8) is 0 Å². The number of anilines is 1. The number of halogens is 1. The lowest BCUT2D eigenvalue weighted by molar-refractivity contribution is -0.122. The van der Waals surface area contributed by atoms with Gasteiger partial charge in [-0.2, -0.15) is 4.31 Å². The molecule has 0 aromatic heterocycles. The second kappa shape index (κ2) is 12.3. The van der Waals surface area contributed by atoms with Crippen molar-refractivity contribution in [2.75, 3.05) is 36.8 Å². The standard InChI is InChI=1S/C24H32ClN3O6S2/c1-3-23(28(35(2,30)31)20-9-7-19(25)8-10-20)24(29)26-15-18-34-21-11-13-22(14-12-21)36(32,33)27-16-5-4-6-17-27/h7-14,23H,3-6,15-18H2,1-2H3,(H,26,29)/t23-/m0/s1. The van der Waals surface area contributed by atoms with Gasteiger partial charge in [-0.15, -0.1) is 0 Å². The number of piperidine rings is 1. The maximum absolute atomic E-state index is 12.8. The van der Waals surface area contributed by atoms with Crippen molar-refractivity contribution in [3.05, 3.63) is 53.6 Å². The molecule has 9 nitrogen and oxygen atoms in total. The van der Waals surface area contributed by atoms with E-state index in [9.17, 15) is 21.6 Å². The summed E-state index contributed by atoms with van der Waals surface area (Å²) in [6, 6.07) is 11.5. The Balaban J connectivity index is 1.56. The van der Waals surface area contributed by atoms with Gasteiger partial charge in [0.1, 0.15) is 18.4 Å². The van der Waals surface area contributed by atoms with Gasteiger partial charge in [0, 0.05) is 18.1 Å². The Bertz CT molecular complexity index is 1230. The first-order valence-electron chi connectivity index (χ1n) is 11.8. The minimum Gasteiger partial charge on any atom is -0.492 e. The minimum absolute atomic E-state index is 0.125. The van der Waals surface area contributed by atoms with Crippen molar-refractivity contribution in [1.82, 2.24) is 9.62 Å². The molecule has 1 saturated heterocycles. The molecule has 0 aliphatic carbocycles. The fraction of sp³-hybridized carbons (Fsp3) is 0.458. The quantitative estimate of drug-likeness (QED) is 0.424. The molecule has 0 unspecified atom stereocenters. The number of sulfonamides is 2. The number of nitrogens with zero attached hydrogens (tertiary/aromatic N) is 2. The van der Waals surface area contributed by atoms with Crippen molar-refractivity contribution >= 4 is 43.2 Å². The zero-order chi connectivity index (χ0) is 26.3. The normalized spacial score (nSPS) is 15.8. The van der Waals surface area contributed by atoms with Crippen LogP contribution in [0.5, 0.6) is 5.75 Å². The van der Waals surface area contributed by atoms with Crippen molar-refractivity contribution in [3.8, 4) is 5.75 Å². The van der Waals surface area contributed by atoms with Crippen LogP contribution in [0.1, 0.15) is 32.6 Å². The lowest BCUT2D eigenvalue weighted by atomic mass is 10.2. The smallest absolute Gasteiger partial charge is 0.244 e. The predicted molar refractivity (Wildman–Crippen MR) is 140 cm³/mol. The van der Waals surface area contributed by atoms with E-state index in [1.54, 1.807) is 43.3 Å². The highest BCUT2D eigenvalue weighted by atomic mass is 35.5. The van der Waals surface area contributed by atoms with Gasteiger partial charge < -0.3 is 10.1 Å². The Kier molecular flexibility index (Phi) is 9.62. The number of ether oxygens (including phenoxy) is 1. The Hall–Kier alpha value is -2.34. The monoisotopic (exact) mass is 557 g/mol. The van der Waals surface area contributed by atoms with Gasteiger partial charge in [0.2, 0.25) is 26.0 Å². The maximum Gasteiger partial charge on any atom is 0.244 e. The molecule has 1 atom stereocenters. The number of rotatable bonds is 11. The molecule has 36 heavy (non-hydrogen) atoms. The predicted octanol–water partition coefficient (Wildman–Crippen LogP) is 3.25. The largest absolute Gasteiger partial charge is 0.492 e. The van der Waals surface area contributed by atoms with Crippen LogP contribution in [0.4, 0.5) is 5.69 Å². The van der Waals surface area contributed by atoms with Gasteiger partial charge in [-0.25, -0.2) is 16.8 Å². The number of amides is 1. The van der Waals surface area contributed by atoms with Crippen LogP contribution in [0.25, 0.3) is 0 Å². The van der Waals surface area contributed by atoms with Crippen molar-refractivity contribution in [1.29, 1.82) is 0 Å². The molecular weight excluding hydrogens is 526 g/mol. The lowest BCUT2D eigenvalue weighted by Gasteiger charge is -2.30. The zero-order valence-electron chi connectivity index (χ0n) is 20.4. The lowest BCUT2D eigenvalue weighted by Crippen LogP contribution is -2.50. The van der Waals surface area contributed by atoms with Gasteiger partial charge in [0.15, 0.2) is 0 Å². The molecule has 1 amide bonds. The molecule has 12 heteroatoms. The van der Waals surface area contributed by atoms with Gasteiger partial charge in [-0.05, 0) is 67.8 Å². The molecule has 1 aliphatic rings. The first-order valence-corrected chi connectivity index (χ1v) is 15.5. The molecule has 2 aromatic rings. The Morgan fingerprint density at radius 1 is 1.03 bits per heavy atom. The highest BCUT2D eigenvalue weighted by Crippen LogP contribution is 2.25. The highest BCUT2D eigenvalue weighted by molar-refractivity contribution is 7.92. The SMILES string of the molecule is CC[C@@H](C(=O)NCCOc1ccc(S(=O)(=O)N2CCCCC2)cc1)N(c1ccc(Cl)cc1)S(C)(=O)=O. The summed E-state index contributed by atoms with van der Waals surface area (Å²) in [7, 11) is -7.25. The molecule has 0 radical (unpaired) electrons. The van der Waals surface area contributed by atoms with Crippen LogP contribution in [0.15, 0.2) is 53.4 Å². The number of carbonyl (C=O) groups is 1. The average Bonchev–Trinajstić information content (AvgIpc) is 2.86. The summed E-state index contributed by atoms with van der Waals surface area (Å²) in [4.78, 5) is 13.1. The fourth-order valence-corrected chi connectivity index (χ4v) is 6.93. The van der Waals surface area contributed by atoms with Gasteiger partial charge in [-0.1, -0.05) is 24.9 Å². The van der Waals surface area contributed by atoms with E-state index in [0.717, 1.165) is 29.8 Å². The summed E-state index contributed by atoms with van der Waals surface area (Å²) in [5, 5.41) is 3.18. The number of nitrogens with one attached hydrogen (secondary N) is 1. The number of carbonyl (C=O) groups excluding carboxylic acids is 1. The van der Waals surface area contributed by atoms with E-state index in [0.29, 0.717) is 29.5 Å². The minimum atomic E-state index is -3.74. The maximum atomic E-state index is 12.8. The topological polar surface area (TPSA) is 113 Å². The third-order valence-electron chi connectivity index (χ3n) is 5.86. The first-order chi connectivity index (χ1) is 17.0. The van der Waals surface area contributed by atoms with Crippen LogP contribution < -0.4 is 14.4 Å². The Morgan fingerprint density at radius 2 is 1.64 bits per heavy atom. The van der Waals surface area contributed by atoms with Gasteiger partial charge >= 0.3 is 0 Å². The van der Waals surface area contributed by atoms with E-state index in [2.05, 4.69) is 5.32 Å². The van der Waals surface area contributed by atoms with E-state index in [1.165, 1.54) is 16.4 Å². The van der Waals surface area contributed by atoms with Crippen LogP contribution >= 0.6 is 11.6 Å². The second-order valence-corrected chi connectivity index (χ2v) is 12.8. The summed E-state index contributed by atoms with van der Waals surface area (Å²) in [6.07, 6.45) is 4.09. The number of hydrogen-bond donors (Lipinski definition) is 1. The third kappa shape index (κ3) is 7.12. The van der Waals surface area contributed by atoms with E-state index in [-0.39, 0.29) is 24.5 Å². The van der Waals surface area contributed by atoms with Gasteiger partial charge in [0.25, 0.3) is 0 Å². The summed E-state index contributed by atoms with van der Waals surface area (Å²) in [5.41, 5.74) is 0.347. The average molecular weight is 558 g/mol. The second-order valence-electron chi connectivity index (χ2n) is 8.53. The van der Waals surface area contributed by atoms with E-state index in [4.69, 9.17) is 16.3 Å². The van der Waals surface area contributed by atoms with Crippen LogP contribution in [0.3, 0.4) is 0 Å². The van der Waals surface area contributed by atoms with Crippen molar-refractivity contribution < 1.29 is 26.4 Å². The molecule has 1 aliphatic heterocycles. The van der Waals surface area contributed by atoms with Crippen LogP contribution in [0.2, 0.25) is 5.02 Å². The molecule has 1 fully saturated rings. The fourth-order valence-electron chi connectivity index (χ4n) is 4.07. The van der Waals surface area contributed by atoms with E-state index >= 15 is 0 Å². The molecule has 1 heterocycles. The molecule has 3 rings (SSSR count). The third-order valence-corrected chi connectivity index (χ3v) is 9.20. The molecular formula is C24H32ClN3O6S2. The zero-order valence-corrected chi connectivity index (χ0v) is 22.8. The highest BCUT2D eigenvalue weighted by Gasteiger charge is 2.31. The van der Waals surface area contributed by atoms with Crippen LogP contribution in [0, 0.1) is 0 Å². The number of benzene rings is 2. The molecule has 198 valence electrons. The van der Waals surface area contributed by atoms with E-state index < -0.39 is 32.0 Å². The Labute approximate surface area is 218 Å². The molecule has 1 N–H and O–H groups in total. The summed E-state index contributed by atoms with van der Waals surface area (Å²) < 4.78 is 58.7. The van der Waals surface area contributed by atoms with Gasteiger partial charge in [-0.3, -0.25) is 9.10 Å². The van der Waals surface area contributed by atoms with E-state index in [1.807, 2.05) is 0 Å². The van der Waals surface area contributed by atoms with Crippen molar-refractivity contribution in [2.24, 2.45) is 0 Å². The summed E-state index contributed by atoms with van der Waals surface area (Å²) >= 11 is 5.91. The molecule has 0 spiro atoms. The summed E-state index contributed by atoms with van der Waals surface area (Å²) in [5.74, 6) is 0.0114. The molecule has 0 bridgehead atoms. The van der Waals surface area contributed by atoms with Gasteiger partial charge in [0.05, 0.1) is 23.4 Å². The number of hydrogen-bond acceptors (Lipinski definition) is 6. The summed E-state index contributed by atoms with van der Waals surface area (Å²) in [6.45, 7) is 3.07. The van der Waals surface area contributed by atoms with Crippen LogP contribution in [-0.4, -0.2) is 65.6 Å². The van der Waals surface area contributed by atoms with Crippen molar-refractivity contribution in [2.45, 2.75) is 43.5 Å². The Morgan fingerprint density at radius 3 is 2.19 bits per heavy atom. The molecule has 0 saturated carbocycles. The molecule has 2 aromatic carbocycles. The van der Waals surface area contributed by atoms with Crippen LogP contribution in [-0.2, 0) is 24.8 Å².